The van der Waals surface area contributed by atoms with Crippen LogP contribution < -0.4 is 5.32 Å². The molecule has 0 unspecified atom stereocenters. The smallest absolute Gasteiger partial charge is 0.234 e. The van der Waals surface area contributed by atoms with Crippen LogP contribution in [0, 0.1) is 11.8 Å². The summed E-state index contributed by atoms with van der Waals surface area (Å²) in [5.41, 5.74) is 0.896. The summed E-state index contributed by atoms with van der Waals surface area (Å²) in [7, 11) is 2.07. The van der Waals surface area contributed by atoms with Crippen molar-refractivity contribution in [2.75, 3.05) is 13.6 Å². The van der Waals surface area contributed by atoms with Gasteiger partial charge in [-0.3, -0.25) is 14.7 Å². The van der Waals surface area contributed by atoms with E-state index in [2.05, 4.69) is 36.1 Å². The van der Waals surface area contributed by atoms with Crippen LogP contribution >= 0.6 is 0 Å². The molecule has 1 saturated carbocycles. The van der Waals surface area contributed by atoms with E-state index in [-0.39, 0.29) is 5.91 Å². The van der Waals surface area contributed by atoms with Gasteiger partial charge in [0, 0.05) is 12.2 Å². The predicted molar refractivity (Wildman–Crippen MR) is 84.7 cm³/mol. The zero-order valence-corrected chi connectivity index (χ0v) is 13.4. The van der Waals surface area contributed by atoms with Crippen LogP contribution in [0.1, 0.15) is 38.8 Å². The number of likely N-dealkylation sites (N-methyl/N-ethyl adjacent to an activating group) is 1. The van der Waals surface area contributed by atoms with E-state index in [1.54, 1.807) is 6.20 Å². The first-order valence-electron chi connectivity index (χ1n) is 7.94. The second-order valence-corrected chi connectivity index (χ2v) is 6.39. The largest absolute Gasteiger partial charge is 0.349 e. The number of carbonyl (C=O) groups excluding carboxylic acids is 1. The average molecular weight is 289 g/mol. The molecule has 0 aromatic carbocycles. The monoisotopic (exact) mass is 289 g/mol. The Kier molecular flexibility index (Phi) is 5.74. The van der Waals surface area contributed by atoms with E-state index in [9.17, 15) is 4.79 Å². The lowest BCUT2D eigenvalue weighted by molar-refractivity contribution is -0.123. The van der Waals surface area contributed by atoms with Gasteiger partial charge >= 0.3 is 0 Å². The van der Waals surface area contributed by atoms with E-state index in [1.807, 2.05) is 18.2 Å². The van der Waals surface area contributed by atoms with Crippen molar-refractivity contribution < 1.29 is 4.79 Å². The van der Waals surface area contributed by atoms with Gasteiger partial charge in [0.1, 0.15) is 0 Å². The van der Waals surface area contributed by atoms with Crippen molar-refractivity contribution in [3.05, 3.63) is 30.1 Å². The summed E-state index contributed by atoms with van der Waals surface area (Å²) in [6.45, 7) is 5.58. The van der Waals surface area contributed by atoms with E-state index in [4.69, 9.17) is 0 Å². The van der Waals surface area contributed by atoms with Crippen LogP contribution in [0.25, 0.3) is 0 Å². The van der Waals surface area contributed by atoms with Crippen LogP contribution in [0.4, 0.5) is 0 Å². The number of hydrogen-bond acceptors (Lipinski definition) is 3. The summed E-state index contributed by atoms with van der Waals surface area (Å²) < 4.78 is 0. The summed E-state index contributed by atoms with van der Waals surface area (Å²) in [6, 6.07) is 6.26. The van der Waals surface area contributed by atoms with Crippen LogP contribution in [0.2, 0.25) is 0 Å². The van der Waals surface area contributed by atoms with Gasteiger partial charge in [0.15, 0.2) is 0 Å². The highest BCUT2D eigenvalue weighted by Gasteiger charge is 2.31. The second-order valence-electron chi connectivity index (χ2n) is 6.39. The quantitative estimate of drug-likeness (QED) is 0.905. The molecule has 0 saturated heterocycles. The fraction of sp³-hybridized carbons (Fsp3) is 0.647. The highest BCUT2D eigenvalue weighted by Crippen LogP contribution is 2.31. The Morgan fingerprint density at radius 1 is 1.33 bits per heavy atom. The Morgan fingerprint density at radius 3 is 2.67 bits per heavy atom. The summed E-state index contributed by atoms with van der Waals surface area (Å²) in [5, 5.41) is 2.96. The Morgan fingerprint density at radius 2 is 2.05 bits per heavy atom. The van der Waals surface area contributed by atoms with E-state index in [0.29, 0.717) is 31.0 Å². The molecular formula is C17H27N3O. The van der Waals surface area contributed by atoms with Gasteiger partial charge in [-0.25, -0.2) is 0 Å². The van der Waals surface area contributed by atoms with E-state index in [1.165, 1.54) is 19.3 Å². The van der Waals surface area contributed by atoms with Gasteiger partial charge in [0.05, 0.1) is 18.8 Å². The lowest BCUT2D eigenvalue weighted by Gasteiger charge is -2.40. The van der Waals surface area contributed by atoms with Crippen LogP contribution in [0.3, 0.4) is 0 Å². The molecule has 1 N–H and O–H groups in total. The fourth-order valence-corrected chi connectivity index (χ4v) is 3.61. The van der Waals surface area contributed by atoms with Gasteiger partial charge in [-0.05, 0) is 43.9 Å². The lowest BCUT2D eigenvalue weighted by Crippen LogP contribution is -2.47. The predicted octanol–water partition coefficient (Wildman–Crippen LogP) is 2.45. The summed E-state index contributed by atoms with van der Waals surface area (Å²) in [4.78, 5) is 18.5. The first-order chi connectivity index (χ1) is 10.1. The molecule has 1 amide bonds. The molecule has 1 aromatic rings. The number of hydrogen-bond donors (Lipinski definition) is 1. The van der Waals surface area contributed by atoms with Crippen LogP contribution in [0.15, 0.2) is 24.4 Å². The number of amides is 1. The number of aromatic nitrogens is 1. The third-order valence-corrected chi connectivity index (χ3v) is 4.58. The normalized spacial score (nSPS) is 23.2. The SMILES string of the molecule is C[C@H]1CCC[C@H](C)C1N(C)CC(=O)NCc1ccccn1. The van der Waals surface area contributed by atoms with Gasteiger partial charge < -0.3 is 5.32 Å². The maximum absolute atomic E-state index is 12.1. The minimum absolute atomic E-state index is 0.0770. The molecule has 1 fully saturated rings. The maximum atomic E-state index is 12.1. The summed E-state index contributed by atoms with van der Waals surface area (Å²) in [6.07, 6.45) is 5.61. The summed E-state index contributed by atoms with van der Waals surface area (Å²) in [5.74, 6) is 1.41. The number of nitrogens with one attached hydrogen (secondary N) is 1. The number of rotatable bonds is 5. The molecule has 1 aliphatic carbocycles. The van der Waals surface area contributed by atoms with Gasteiger partial charge in [-0.2, -0.15) is 0 Å². The first kappa shape index (κ1) is 16.0. The van der Waals surface area contributed by atoms with Crippen molar-refractivity contribution in [2.45, 2.75) is 45.7 Å². The molecule has 0 aliphatic heterocycles. The molecule has 0 bridgehead atoms. The molecule has 0 radical (unpaired) electrons. The van der Waals surface area contributed by atoms with Crippen molar-refractivity contribution in [2.24, 2.45) is 11.8 Å². The Bertz CT molecular complexity index is 439. The van der Waals surface area contributed by atoms with E-state index >= 15 is 0 Å². The number of nitrogens with zero attached hydrogens (tertiary/aromatic N) is 2. The summed E-state index contributed by atoms with van der Waals surface area (Å²) >= 11 is 0. The van der Waals surface area contributed by atoms with Gasteiger partial charge in [0.2, 0.25) is 5.91 Å². The Balaban J connectivity index is 1.81. The molecule has 0 spiro atoms. The van der Waals surface area contributed by atoms with Crippen LogP contribution in [-0.2, 0) is 11.3 Å². The van der Waals surface area contributed by atoms with Crippen molar-refractivity contribution in [1.82, 2.24) is 15.2 Å². The van der Waals surface area contributed by atoms with Crippen LogP contribution in [-0.4, -0.2) is 35.4 Å². The number of carbonyl (C=O) groups is 1. The van der Waals surface area contributed by atoms with Crippen molar-refractivity contribution in [1.29, 1.82) is 0 Å². The topological polar surface area (TPSA) is 45.2 Å². The minimum atomic E-state index is 0.0770. The van der Waals surface area contributed by atoms with E-state index < -0.39 is 0 Å². The highest BCUT2D eigenvalue weighted by atomic mass is 16.2. The molecule has 21 heavy (non-hydrogen) atoms. The zero-order chi connectivity index (χ0) is 15.2. The minimum Gasteiger partial charge on any atom is -0.349 e. The standard InChI is InChI=1S/C17H27N3O/c1-13-7-6-8-14(2)17(13)20(3)12-16(21)19-11-15-9-4-5-10-18-15/h4-5,9-10,13-14,17H,6-8,11-12H2,1-3H3,(H,19,21)/t13-,14-/m0/s1. The molecule has 2 rings (SSSR count). The Hall–Kier alpha value is -1.42. The lowest BCUT2D eigenvalue weighted by atomic mass is 9.78. The van der Waals surface area contributed by atoms with Crippen molar-refractivity contribution >= 4 is 5.91 Å². The maximum Gasteiger partial charge on any atom is 0.234 e. The molecule has 2 atom stereocenters. The molecule has 1 heterocycles. The zero-order valence-electron chi connectivity index (χ0n) is 13.4. The molecule has 1 aromatic heterocycles. The van der Waals surface area contributed by atoms with Gasteiger partial charge in [-0.15, -0.1) is 0 Å². The van der Waals surface area contributed by atoms with Crippen molar-refractivity contribution in [3.63, 3.8) is 0 Å². The molecule has 116 valence electrons. The molecule has 1 aliphatic rings. The van der Waals surface area contributed by atoms with Crippen molar-refractivity contribution in [3.8, 4) is 0 Å². The molecule has 4 heteroatoms. The Labute approximate surface area is 127 Å². The second kappa shape index (κ2) is 7.55. The third kappa shape index (κ3) is 4.53. The van der Waals surface area contributed by atoms with Gasteiger partial charge in [0.25, 0.3) is 0 Å². The number of pyridine rings is 1. The van der Waals surface area contributed by atoms with Gasteiger partial charge in [-0.1, -0.05) is 26.3 Å². The third-order valence-electron chi connectivity index (χ3n) is 4.58. The highest BCUT2D eigenvalue weighted by molar-refractivity contribution is 5.77. The first-order valence-corrected chi connectivity index (χ1v) is 7.94. The van der Waals surface area contributed by atoms with E-state index in [0.717, 1.165) is 5.69 Å². The molecular weight excluding hydrogens is 262 g/mol. The average Bonchev–Trinajstić information content (AvgIpc) is 2.46. The fourth-order valence-electron chi connectivity index (χ4n) is 3.61. The molecule has 4 nitrogen and oxygen atoms in total. The van der Waals surface area contributed by atoms with Crippen LogP contribution in [0.5, 0.6) is 0 Å².